The lowest BCUT2D eigenvalue weighted by Gasteiger charge is -2.20. The first kappa shape index (κ1) is 26.6. The van der Waals surface area contributed by atoms with E-state index in [1.165, 1.54) is 0 Å². The number of benzene rings is 2. The highest BCUT2D eigenvalue weighted by atomic mass is 79.9. The van der Waals surface area contributed by atoms with Crippen molar-refractivity contribution in [1.82, 2.24) is 16.2 Å². The number of rotatable bonds is 8. The lowest BCUT2D eigenvalue weighted by atomic mass is 9.87. The van der Waals surface area contributed by atoms with Crippen LogP contribution in [-0.4, -0.2) is 30.1 Å². The maximum Gasteiger partial charge on any atom is 0.276 e. The second-order valence-corrected chi connectivity index (χ2v) is 9.60. The molecule has 33 heavy (non-hydrogen) atoms. The van der Waals surface area contributed by atoms with Gasteiger partial charge in [0.15, 0.2) is 11.7 Å². The van der Waals surface area contributed by atoms with Gasteiger partial charge in [-0.15, -0.1) is 0 Å². The van der Waals surface area contributed by atoms with Gasteiger partial charge in [0, 0.05) is 0 Å². The number of thiocarbonyl (C=S) groups is 1. The van der Waals surface area contributed by atoms with Crippen molar-refractivity contribution in [3.05, 3.63) is 58.1 Å². The summed E-state index contributed by atoms with van der Waals surface area (Å²) in [6, 6.07) is 12.7. The van der Waals surface area contributed by atoms with E-state index in [1.54, 1.807) is 24.3 Å². The Balaban J connectivity index is 1.82. The molecule has 0 aliphatic rings. The topological polar surface area (TPSA) is 88.7 Å². The van der Waals surface area contributed by atoms with E-state index in [0.717, 1.165) is 22.9 Å². The van der Waals surface area contributed by atoms with Crippen LogP contribution in [0.4, 0.5) is 0 Å². The Bertz CT molecular complexity index is 992. The summed E-state index contributed by atoms with van der Waals surface area (Å²) < 4.78 is 12.0. The summed E-state index contributed by atoms with van der Waals surface area (Å²) in [5.41, 5.74) is 6.41. The molecule has 2 aromatic rings. The number of unbranched alkanes of at least 4 members (excludes halogenated alkanes) is 1. The molecule has 0 aliphatic heterocycles. The molecule has 0 atom stereocenters. The summed E-state index contributed by atoms with van der Waals surface area (Å²) in [7, 11) is 0. The molecule has 2 aromatic carbocycles. The molecule has 2 rings (SSSR count). The maximum atomic E-state index is 12.5. The molecule has 9 heteroatoms. The molecule has 0 radical (unpaired) electrons. The number of nitrogens with one attached hydrogen (secondary N) is 3. The fraction of sp³-hybridized carbons (Fsp3) is 0.375. The zero-order valence-electron chi connectivity index (χ0n) is 19.3. The van der Waals surface area contributed by atoms with Crippen molar-refractivity contribution >= 4 is 45.1 Å². The van der Waals surface area contributed by atoms with Gasteiger partial charge in [-0.1, -0.05) is 52.3 Å². The van der Waals surface area contributed by atoms with Crippen molar-refractivity contribution in [2.75, 3.05) is 13.2 Å². The van der Waals surface area contributed by atoms with E-state index in [9.17, 15) is 9.59 Å². The highest BCUT2D eigenvalue weighted by Crippen LogP contribution is 2.31. The number of halogens is 1. The van der Waals surface area contributed by atoms with Crippen LogP contribution in [-0.2, 0) is 10.2 Å². The van der Waals surface area contributed by atoms with Gasteiger partial charge in [0.1, 0.15) is 11.5 Å². The fourth-order valence-electron chi connectivity index (χ4n) is 2.70. The number of hydrogen-bond donors (Lipinski definition) is 3. The first-order chi connectivity index (χ1) is 15.6. The monoisotopic (exact) mass is 535 g/mol. The summed E-state index contributed by atoms with van der Waals surface area (Å²) in [6.45, 7) is 8.71. The summed E-state index contributed by atoms with van der Waals surface area (Å²) in [6.07, 6.45) is 1.88. The first-order valence-corrected chi connectivity index (χ1v) is 11.9. The molecular formula is C24H30BrN3O4S. The van der Waals surface area contributed by atoms with Crippen molar-refractivity contribution in [2.45, 2.75) is 46.0 Å². The molecule has 0 bridgehead atoms. The van der Waals surface area contributed by atoms with Gasteiger partial charge in [-0.25, -0.2) is 0 Å². The van der Waals surface area contributed by atoms with Crippen LogP contribution in [0.15, 0.2) is 46.9 Å². The van der Waals surface area contributed by atoms with Gasteiger partial charge in [0.05, 0.1) is 16.6 Å². The van der Waals surface area contributed by atoms with Crippen molar-refractivity contribution < 1.29 is 19.1 Å². The van der Waals surface area contributed by atoms with Crippen LogP contribution in [0.25, 0.3) is 0 Å². The Labute approximate surface area is 208 Å². The zero-order valence-corrected chi connectivity index (χ0v) is 21.7. The lowest BCUT2D eigenvalue weighted by Crippen LogP contribution is -2.49. The van der Waals surface area contributed by atoms with Crippen LogP contribution in [0.2, 0.25) is 0 Å². The predicted molar refractivity (Wildman–Crippen MR) is 137 cm³/mol. The minimum Gasteiger partial charge on any atom is -0.493 e. The smallest absolute Gasteiger partial charge is 0.276 e. The third kappa shape index (κ3) is 8.66. The maximum absolute atomic E-state index is 12.5. The highest BCUT2D eigenvalue weighted by molar-refractivity contribution is 9.10. The van der Waals surface area contributed by atoms with Gasteiger partial charge in [-0.2, -0.15) is 0 Å². The van der Waals surface area contributed by atoms with Crippen LogP contribution in [0.5, 0.6) is 11.5 Å². The van der Waals surface area contributed by atoms with Crippen molar-refractivity contribution in [2.24, 2.45) is 0 Å². The number of amides is 2. The van der Waals surface area contributed by atoms with E-state index < -0.39 is 11.8 Å². The zero-order chi connectivity index (χ0) is 24.4. The summed E-state index contributed by atoms with van der Waals surface area (Å²) in [5, 5.41) is 2.48. The number of hydrazine groups is 1. The molecule has 0 aromatic heterocycles. The van der Waals surface area contributed by atoms with Crippen LogP contribution >= 0.6 is 28.1 Å². The minimum atomic E-state index is -0.457. The molecule has 3 N–H and O–H groups in total. The molecular weight excluding hydrogens is 506 g/mol. The Morgan fingerprint density at radius 2 is 1.76 bits per heavy atom. The first-order valence-electron chi connectivity index (χ1n) is 10.7. The average Bonchev–Trinajstić information content (AvgIpc) is 2.76. The third-order valence-electron chi connectivity index (χ3n) is 4.59. The van der Waals surface area contributed by atoms with Crippen LogP contribution in [0, 0.1) is 0 Å². The number of hydrogen-bond acceptors (Lipinski definition) is 5. The van der Waals surface area contributed by atoms with Crippen molar-refractivity contribution in [3.63, 3.8) is 0 Å². The molecule has 0 heterocycles. The van der Waals surface area contributed by atoms with E-state index in [4.69, 9.17) is 21.7 Å². The number of carbonyl (C=O) groups excluding carboxylic acids is 2. The fourth-order valence-corrected chi connectivity index (χ4v) is 3.34. The molecule has 7 nitrogen and oxygen atoms in total. The highest BCUT2D eigenvalue weighted by Gasteiger charge is 2.16. The van der Waals surface area contributed by atoms with E-state index in [1.807, 2.05) is 18.2 Å². The molecule has 0 saturated carbocycles. The van der Waals surface area contributed by atoms with Gasteiger partial charge in [0.25, 0.3) is 11.8 Å². The number of carbonyl (C=O) groups is 2. The lowest BCUT2D eigenvalue weighted by molar-refractivity contribution is -0.123. The summed E-state index contributed by atoms with van der Waals surface area (Å²) in [5.74, 6) is 0.134. The van der Waals surface area contributed by atoms with E-state index in [-0.39, 0.29) is 17.1 Å². The Morgan fingerprint density at radius 3 is 2.42 bits per heavy atom. The van der Waals surface area contributed by atoms with Crippen LogP contribution in [0.1, 0.15) is 56.5 Å². The van der Waals surface area contributed by atoms with Crippen molar-refractivity contribution in [3.8, 4) is 11.5 Å². The number of ether oxygens (including phenoxy) is 2. The second-order valence-electron chi connectivity index (χ2n) is 8.34. The van der Waals surface area contributed by atoms with E-state index in [2.05, 4.69) is 59.8 Å². The molecule has 178 valence electrons. The predicted octanol–water partition coefficient (Wildman–Crippen LogP) is 4.64. The Kier molecular flexibility index (Phi) is 10.1. The quantitative estimate of drug-likeness (QED) is 0.259. The molecule has 2 amide bonds. The second kappa shape index (κ2) is 12.6. The summed E-state index contributed by atoms with van der Waals surface area (Å²) in [4.78, 5) is 24.6. The van der Waals surface area contributed by atoms with Crippen LogP contribution < -0.4 is 25.6 Å². The van der Waals surface area contributed by atoms with Crippen molar-refractivity contribution in [1.29, 1.82) is 0 Å². The Hall–Kier alpha value is -2.65. The Morgan fingerprint density at radius 1 is 1.03 bits per heavy atom. The summed E-state index contributed by atoms with van der Waals surface area (Å²) >= 11 is 8.57. The SMILES string of the molecule is CCCCOc1ccccc1C(=O)NC(=S)NNC(=O)COc1ccc(C(C)(C)C)cc1Br. The minimum absolute atomic E-state index is 0.00458. The molecule has 0 aliphatic carbocycles. The van der Waals surface area contributed by atoms with Crippen LogP contribution in [0.3, 0.4) is 0 Å². The van der Waals surface area contributed by atoms with Gasteiger partial charge < -0.3 is 9.47 Å². The average molecular weight is 536 g/mol. The molecule has 0 unspecified atom stereocenters. The third-order valence-corrected chi connectivity index (χ3v) is 5.41. The molecule has 0 fully saturated rings. The van der Waals surface area contributed by atoms with E-state index in [0.29, 0.717) is 23.7 Å². The normalized spacial score (nSPS) is 10.8. The molecule has 0 spiro atoms. The van der Waals surface area contributed by atoms with Gasteiger partial charge in [-0.05, 0) is 69.8 Å². The van der Waals surface area contributed by atoms with Gasteiger partial charge >= 0.3 is 0 Å². The molecule has 0 saturated heterocycles. The standard InChI is InChI=1S/C24H30BrN3O4S/c1-5-6-13-31-19-10-8-7-9-17(19)22(30)26-23(33)28-27-21(29)15-32-20-12-11-16(14-18(20)25)24(2,3)4/h7-12,14H,5-6,13,15H2,1-4H3,(H,27,29)(H2,26,28,30,33). The van der Waals surface area contributed by atoms with E-state index >= 15 is 0 Å². The largest absolute Gasteiger partial charge is 0.493 e. The van der Waals surface area contributed by atoms with Gasteiger partial charge in [-0.3, -0.25) is 25.8 Å². The number of para-hydroxylation sites is 1. The van der Waals surface area contributed by atoms with Gasteiger partial charge in [0.2, 0.25) is 0 Å².